The molecule has 1 aromatic heterocycles. The number of amides is 1. The van der Waals surface area contributed by atoms with Gasteiger partial charge in [-0.05, 0) is 117 Å². The number of fused-ring (bicyclic) bond motifs is 1. The number of thiocarbonyl (C=S) groups is 1. The van der Waals surface area contributed by atoms with Crippen LogP contribution < -0.4 is 26.3 Å². The summed E-state index contributed by atoms with van der Waals surface area (Å²) in [5.74, 6) is 0.815. The largest absolute Gasteiger partial charge is 0.493 e. The molecule has 0 unspecified atom stereocenters. The Morgan fingerprint density at radius 1 is 0.804 bits per heavy atom. The second-order valence-corrected chi connectivity index (χ2v) is 14.7. The standard InChI is InChI=1S/C47H52N4O4S/c1-6-9-27-54-40-25-17-29(4)42-33(13-11-15-35(40)42)37(48)22-20-31-18-19-32(44(31)43(30(5)52)46(53)51(8-3)47(49)56)21-23-38-34-14-12-16-36-41(55-28-10-7-2)26-24-39(50-38)45(34)36/h11-17,20-26,50H,6-10,18-19,27-28,48H2,1-5H3,(H2,49,56)/b31-20+,32-21+,37-22+,38-23+,44-43-. The van der Waals surface area contributed by atoms with E-state index in [0.717, 1.165) is 97.3 Å². The predicted molar refractivity (Wildman–Crippen MR) is 234 cm³/mol. The fraction of sp³-hybridized carbons (Fsp3) is 0.298. The van der Waals surface area contributed by atoms with Crippen LogP contribution in [0.3, 0.4) is 0 Å². The Labute approximate surface area is 334 Å². The van der Waals surface area contributed by atoms with Crippen molar-refractivity contribution in [3.8, 4) is 11.5 Å². The number of unbranched alkanes of at least 4 members (excludes halogenated alkanes) is 2. The zero-order valence-corrected chi connectivity index (χ0v) is 33.9. The van der Waals surface area contributed by atoms with Gasteiger partial charge in [-0.3, -0.25) is 14.5 Å². The number of rotatable bonds is 14. The summed E-state index contributed by atoms with van der Waals surface area (Å²) < 4.78 is 12.3. The number of ether oxygens (including phenoxy) is 2. The molecule has 8 nitrogen and oxygen atoms in total. The lowest BCUT2D eigenvalue weighted by Crippen LogP contribution is -2.42. The maximum absolute atomic E-state index is 14.1. The summed E-state index contributed by atoms with van der Waals surface area (Å²) in [5, 5.41) is 6.08. The van der Waals surface area contributed by atoms with Crippen molar-refractivity contribution < 1.29 is 19.1 Å². The number of hydrogen-bond donors (Lipinski definition) is 3. The number of Topliss-reactive ketones (excluding diaryl/α,β-unsaturated/α-hetero) is 1. The third-order valence-electron chi connectivity index (χ3n) is 10.5. The first-order valence-corrected chi connectivity index (χ1v) is 20.1. The number of ketones is 1. The van der Waals surface area contributed by atoms with Gasteiger partial charge in [0.15, 0.2) is 10.9 Å². The Kier molecular flexibility index (Phi) is 12.8. The van der Waals surface area contributed by atoms with E-state index in [9.17, 15) is 9.59 Å². The minimum absolute atomic E-state index is 0.0496. The number of H-pyrrole nitrogens is 1. The summed E-state index contributed by atoms with van der Waals surface area (Å²) in [6.07, 6.45) is 13.1. The number of likely N-dealkylation sites (N-methyl/N-ethyl adjacent to an activating group) is 1. The van der Waals surface area contributed by atoms with Crippen LogP contribution in [0.4, 0.5) is 0 Å². The normalized spacial score (nSPS) is 16.1. The van der Waals surface area contributed by atoms with E-state index in [4.69, 9.17) is 33.2 Å². The molecule has 290 valence electrons. The summed E-state index contributed by atoms with van der Waals surface area (Å²) in [6, 6.07) is 20.4. The van der Waals surface area contributed by atoms with Gasteiger partial charge in [0, 0.05) is 50.2 Å². The molecule has 5 N–H and O–H groups in total. The number of allylic oxidation sites excluding steroid dienone is 6. The molecule has 0 bridgehead atoms. The van der Waals surface area contributed by atoms with E-state index in [1.54, 1.807) is 6.92 Å². The van der Waals surface area contributed by atoms with Gasteiger partial charge in [0.1, 0.15) is 11.5 Å². The molecular weight excluding hydrogens is 717 g/mol. The van der Waals surface area contributed by atoms with E-state index in [1.807, 2.05) is 54.6 Å². The zero-order chi connectivity index (χ0) is 39.9. The van der Waals surface area contributed by atoms with Crippen molar-refractivity contribution in [2.24, 2.45) is 11.5 Å². The fourth-order valence-electron chi connectivity index (χ4n) is 7.57. The van der Waals surface area contributed by atoms with E-state index in [-0.39, 0.29) is 23.0 Å². The quantitative estimate of drug-likeness (QED) is 0.0338. The molecule has 1 fully saturated rings. The average Bonchev–Trinajstić information content (AvgIpc) is 3.76. The Morgan fingerprint density at radius 3 is 2.04 bits per heavy atom. The van der Waals surface area contributed by atoms with Crippen LogP contribution in [0.5, 0.6) is 11.5 Å². The number of nitrogens with zero attached hydrogens (tertiary/aromatic N) is 1. The molecule has 1 heterocycles. The molecule has 5 aromatic rings. The monoisotopic (exact) mass is 768 g/mol. The van der Waals surface area contributed by atoms with Crippen LogP contribution in [0, 0.1) is 6.92 Å². The third kappa shape index (κ3) is 8.14. The van der Waals surface area contributed by atoms with Gasteiger partial charge in [-0.1, -0.05) is 81.3 Å². The smallest absolute Gasteiger partial charge is 0.264 e. The Morgan fingerprint density at radius 2 is 1.41 bits per heavy atom. The van der Waals surface area contributed by atoms with Gasteiger partial charge in [-0.15, -0.1) is 0 Å². The van der Waals surface area contributed by atoms with Crippen molar-refractivity contribution in [1.82, 2.24) is 9.88 Å². The highest BCUT2D eigenvalue weighted by atomic mass is 32.1. The average molecular weight is 769 g/mol. The molecule has 0 saturated heterocycles. The number of benzene rings is 4. The van der Waals surface area contributed by atoms with Gasteiger partial charge in [0.25, 0.3) is 5.91 Å². The van der Waals surface area contributed by atoms with Gasteiger partial charge < -0.3 is 25.9 Å². The molecule has 6 rings (SSSR count). The highest BCUT2D eigenvalue weighted by molar-refractivity contribution is 7.80. The van der Waals surface area contributed by atoms with Crippen molar-refractivity contribution in [3.05, 3.63) is 118 Å². The van der Waals surface area contributed by atoms with Gasteiger partial charge in [-0.2, -0.15) is 0 Å². The number of aromatic amines is 1. The first-order chi connectivity index (χ1) is 27.1. The Hall–Kier alpha value is -5.67. The summed E-state index contributed by atoms with van der Waals surface area (Å²) >= 11 is 5.24. The molecule has 56 heavy (non-hydrogen) atoms. The van der Waals surface area contributed by atoms with Gasteiger partial charge in [-0.25, -0.2) is 0 Å². The summed E-state index contributed by atoms with van der Waals surface area (Å²) in [5.41, 5.74) is 18.7. The van der Waals surface area contributed by atoms with Crippen molar-refractivity contribution >= 4 is 73.2 Å². The Balaban J connectivity index is 1.48. The number of hydrogen-bond acceptors (Lipinski definition) is 6. The van der Waals surface area contributed by atoms with Crippen molar-refractivity contribution in [3.63, 3.8) is 0 Å². The second-order valence-electron chi connectivity index (χ2n) is 14.3. The maximum Gasteiger partial charge on any atom is 0.264 e. The molecule has 4 aromatic carbocycles. The number of nitrogens with two attached hydrogens (primary N) is 2. The molecule has 1 aliphatic rings. The molecule has 0 aliphatic heterocycles. The van der Waals surface area contributed by atoms with E-state index < -0.39 is 5.91 Å². The lowest BCUT2D eigenvalue weighted by molar-refractivity contribution is -0.126. The van der Waals surface area contributed by atoms with E-state index >= 15 is 0 Å². The molecule has 0 spiro atoms. The van der Waals surface area contributed by atoms with Gasteiger partial charge in [0.2, 0.25) is 0 Å². The van der Waals surface area contributed by atoms with Crippen LogP contribution in [0.2, 0.25) is 0 Å². The zero-order valence-electron chi connectivity index (χ0n) is 33.1. The Bertz CT molecular complexity index is 2500. The van der Waals surface area contributed by atoms with Gasteiger partial charge in [0.05, 0.1) is 18.8 Å². The number of nitrogens with one attached hydrogen (secondary N) is 1. The second kappa shape index (κ2) is 17.9. The maximum atomic E-state index is 14.1. The molecule has 1 amide bonds. The molecule has 0 atom stereocenters. The van der Waals surface area contributed by atoms with E-state index in [0.29, 0.717) is 37.3 Å². The summed E-state index contributed by atoms with van der Waals surface area (Å²) in [7, 11) is 0. The fourth-order valence-corrected chi connectivity index (χ4v) is 7.78. The topological polar surface area (TPSA) is 124 Å². The van der Waals surface area contributed by atoms with Crippen LogP contribution >= 0.6 is 12.2 Å². The van der Waals surface area contributed by atoms with Crippen LogP contribution in [-0.4, -0.2) is 46.4 Å². The lowest BCUT2D eigenvalue weighted by Gasteiger charge is -2.21. The highest BCUT2D eigenvalue weighted by Crippen LogP contribution is 2.40. The van der Waals surface area contributed by atoms with Crippen LogP contribution in [0.25, 0.3) is 44.2 Å². The highest BCUT2D eigenvalue weighted by Gasteiger charge is 2.31. The van der Waals surface area contributed by atoms with Crippen LogP contribution in [0.15, 0.2) is 101 Å². The first kappa shape index (κ1) is 40.0. The minimum Gasteiger partial charge on any atom is -0.493 e. The molecule has 1 aliphatic carbocycles. The minimum atomic E-state index is -0.516. The first-order valence-electron chi connectivity index (χ1n) is 19.6. The lowest BCUT2D eigenvalue weighted by atomic mass is 9.94. The van der Waals surface area contributed by atoms with Crippen LogP contribution in [-0.2, 0) is 9.59 Å². The van der Waals surface area contributed by atoms with Crippen molar-refractivity contribution in [2.75, 3.05) is 19.8 Å². The molecule has 9 heteroatoms. The van der Waals surface area contributed by atoms with Crippen molar-refractivity contribution in [2.45, 2.75) is 73.1 Å². The van der Waals surface area contributed by atoms with Crippen molar-refractivity contribution in [1.29, 1.82) is 0 Å². The molecule has 1 saturated carbocycles. The predicted octanol–water partition coefficient (Wildman–Crippen LogP) is 9.26. The number of aryl methyl sites for hydroxylation is 1. The summed E-state index contributed by atoms with van der Waals surface area (Å²) in [4.78, 5) is 32.5. The molecule has 0 radical (unpaired) electrons. The third-order valence-corrected chi connectivity index (χ3v) is 10.7. The van der Waals surface area contributed by atoms with E-state index in [2.05, 4.69) is 56.1 Å². The number of aromatic nitrogens is 1. The van der Waals surface area contributed by atoms with Crippen LogP contribution in [0.1, 0.15) is 77.3 Å². The molecular formula is C47H52N4O4S. The van der Waals surface area contributed by atoms with Gasteiger partial charge >= 0.3 is 0 Å². The summed E-state index contributed by atoms with van der Waals surface area (Å²) in [6.45, 7) is 11.1. The SMILES string of the molecule is CCCCOc1ccc(C)c2c(\C(N)=C/C=C3\CCC(=C/C=c4/[nH]c5ccc(OCCCC)c6cccc4c56)\C3=C(\C(C)=O)C(=O)N(CC)C(N)=S)cccc12. The number of carbonyl (C=O) groups excluding carboxylic acids is 2. The van der Waals surface area contributed by atoms with E-state index in [1.165, 1.54) is 11.8 Å². The number of carbonyl (C=O) groups is 2.